The fourth-order valence-electron chi connectivity index (χ4n) is 2.64. The van der Waals surface area contributed by atoms with Crippen LogP contribution >= 0.6 is 11.6 Å². The van der Waals surface area contributed by atoms with Gasteiger partial charge in [0.05, 0.1) is 22.8 Å². The predicted molar refractivity (Wildman–Crippen MR) is 113 cm³/mol. The number of amides is 2. The van der Waals surface area contributed by atoms with Gasteiger partial charge in [-0.2, -0.15) is 0 Å². The number of benzene rings is 3. The van der Waals surface area contributed by atoms with Crippen LogP contribution < -0.4 is 16.0 Å². The molecule has 0 aliphatic carbocycles. The second-order valence-corrected chi connectivity index (χ2v) is 6.50. The Kier molecular flexibility index (Phi) is 6.65. The highest BCUT2D eigenvalue weighted by atomic mass is 35.5. The molecule has 3 aromatic rings. The number of rotatable bonds is 7. The number of carbonyl (C=O) groups excluding carboxylic acids is 2. The van der Waals surface area contributed by atoms with Crippen LogP contribution in [0.2, 0.25) is 5.02 Å². The summed E-state index contributed by atoms with van der Waals surface area (Å²) in [4.78, 5) is 24.7. The van der Waals surface area contributed by atoms with Gasteiger partial charge in [0.15, 0.2) is 0 Å². The first kappa shape index (κ1) is 19.5. The summed E-state index contributed by atoms with van der Waals surface area (Å²) >= 11 is 6.05. The van der Waals surface area contributed by atoms with Crippen molar-refractivity contribution < 1.29 is 9.59 Å². The van der Waals surface area contributed by atoms with Crippen molar-refractivity contribution >= 4 is 34.8 Å². The zero-order chi connectivity index (χ0) is 19.8. The molecule has 0 aliphatic heterocycles. The third kappa shape index (κ3) is 5.34. The van der Waals surface area contributed by atoms with Gasteiger partial charge in [-0.3, -0.25) is 9.59 Å². The summed E-state index contributed by atoms with van der Waals surface area (Å²) in [5.41, 5.74) is 2.62. The van der Waals surface area contributed by atoms with Crippen LogP contribution in [0.5, 0.6) is 0 Å². The van der Waals surface area contributed by atoms with Gasteiger partial charge in [0.25, 0.3) is 5.91 Å². The molecule has 142 valence electrons. The molecule has 28 heavy (non-hydrogen) atoms. The predicted octanol–water partition coefficient (Wildman–Crippen LogP) is 4.32. The number of halogens is 1. The van der Waals surface area contributed by atoms with Crippen molar-refractivity contribution in [3.8, 4) is 0 Å². The average Bonchev–Trinajstić information content (AvgIpc) is 2.73. The molecule has 0 radical (unpaired) electrons. The summed E-state index contributed by atoms with van der Waals surface area (Å²) in [6, 6.07) is 23.8. The molecule has 2 amide bonds. The Morgan fingerprint density at radius 2 is 1.43 bits per heavy atom. The van der Waals surface area contributed by atoms with E-state index in [9.17, 15) is 9.59 Å². The molecule has 0 unspecified atom stereocenters. The van der Waals surface area contributed by atoms with Crippen molar-refractivity contribution in [2.45, 2.75) is 6.54 Å². The minimum absolute atomic E-state index is 0.00814. The first-order valence-electron chi connectivity index (χ1n) is 8.83. The molecular weight excluding hydrogens is 374 g/mol. The number of anilines is 2. The molecule has 0 fully saturated rings. The third-order valence-corrected chi connectivity index (χ3v) is 4.38. The molecule has 0 bridgehead atoms. The summed E-state index contributed by atoms with van der Waals surface area (Å²) < 4.78 is 0. The lowest BCUT2D eigenvalue weighted by Gasteiger charge is -2.13. The van der Waals surface area contributed by atoms with Gasteiger partial charge in [-0.15, -0.1) is 0 Å². The van der Waals surface area contributed by atoms with E-state index < -0.39 is 0 Å². The summed E-state index contributed by atoms with van der Waals surface area (Å²) in [5, 5.41) is 9.12. The first-order valence-corrected chi connectivity index (χ1v) is 9.20. The summed E-state index contributed by atoms with van der Waals surface area (Å²) in [7, 11) is 0. The highest BCUT2D eigenvalue weighted by Gasteiger charge is 2.12. The van der Waals surface area contributed by atoms with Gasteiger partial charge in [-0.1, -0.05) is 66.2 Å². The van der Waals surface area contributed by atoms with Gasteiger partial charge in [0.2, 0.25) is 5.91 Å². The van der Waals surface area contributed by atoms with Gasteiger partial charge >= 0.3 is 0 Å². The number of para-hydroxylation sites is 2. The number of nitrogens with one attached hydrogen (secondary N) is 3. The Bertz CT molecular complexity index is 961. The van der Waals surface area contributed by atoms with Crippen LogP contribution in [0.1, 0.15) is 15.9 Å². The Balaban J connectivity index is 1.59. The Morgan fingerprint density at radius 3 is 2.18 bits per heavy atom. The largest absolute Gasteiger partial charge is 0.376 e. The maximum atomic E-state index is 12.6. The topological polar surface area (TPSA) is 70.2 Å². The fourth-order valence-corrected chi connectivity index (χ4v) is 2.82. The van der Waals surface area contributed by atoms with E-state index in [-0.39, 0.29) is 18.4 Å². The maximum absolute atomic E-state index is 12.6. The maximum Gasteiger partial charge on any atom is 0.253 e. The monoisotopic (exact) mass is 393 g/mol. The van der Waals surface area contributed by atoms with E-state index in [1.54, 1.807) is 42.5 Å². The second kappa shape index (κ2) is 9.58. The molecule has 3 N–H and O–H groups in total. The van der Waals surface area contributed by atoms with Crippen LogP contribution in [0.3, 0.4) is 0 Å². The fraction of sp³-hybridized carbons (Fsp3) is 0.0909. The Morgan fingerprint density at radius 1 is 0.786 bits per heavy atom. The molecule has 6 heteroatoms. The molecule has 0 saturated carbocycles. The van der Waals surface area contributed by atoms with E-state index in [1.807, 2.05) is 36.4 Å². The number of hydrogen-bond donors (Lipinski definition) is 3. The van der Waals surface area contributed by atoms with Gasteiger partial charge in [-0.25, -0.2) is 0 Å². The molecule has 0 aromatic heterocycles. The molecule has 5 nitrogen and oxygen atoms in total. The summed E-state index contributed by atoms with van der Waals surface area (Å²) in [6.45, 7) is 0.440. The van der Waals surface area contributed by atoms with E-state index in [2.05, 4.69) is 16.0 Å². The highest BCUT2D eigenvalue weighted by Crippen LogP contribution is 2.20. The van der Waals surface area contributed by atoms with E-state index in [0.717, 1.165) is 5.56 Å². The minimum Gasteiger partial charge on any atom is -0.376 e. The number of carbonyl (C=O) groups is 2. The minimum atomic E-state index is -0.257. The van der Waals surface area contributed by atoms with Crippen molar-refractivity contribution in [1.82, 2.24) is 5.32 Å². The van der Waals surface area contributed by atoms with Crippen molar-refractivity contribution in [3.63, 3.8) is 0 Å². The average molecular weight is 394 g/mol. The molecule has 0 atom stereocenters. The molecule has 3 rings (SSSR count). The molecule has 0 heterocycles. The normalized spacial score (nSPS) is 10.2. The zero-order valence-corrected chi connectivity index (χ0v) is 15.9. The second-order valence-electron chi connectivity index (χ2n) is 6.10. The van der Waals surface area contributed by atoms with Gasteiger partial charge < -0.3 is 16.0 Å². The molecule has 0 saturated heterocycles. The summed E-state index contributed by atoms with van der Waals surface area (Å²) in [6.07, 6.45) is 0. The first-order chi connectivity index (χ1) is 13.6. The van der Waals surface area contributed by atoms with Gasteiger partial charge in [0.1, 0.15) is 0 Å². The molecular formula is C22H20ClN3O2. The van der Waals surface area contributed by atoms with Crippen LogP contribution in [-0.2, 0) is 11.3 Å². The van der Waals surface area contributed by atoms with E-state index in [0.29, 0.717) is 28.5 Å². The van der Waals surface area contributed by atoms with Crippen molar-refractivity contribution in [3.05, 3.63) is 95.0 Å². The van der Waals surface area contributed by atoms with Gasteiger partial charge in [-0.05, 0) is 29.8 Å². The van der Waals surface area contributed by atoms with Crippen LogP contribution in [-0.4, -0.2) is 18.4 Å². The lowest BCUT2D eigenvalue weighted by molar-refractivity contribution is -0.114. The standard InChI is InChI=1S/C22H20ClN3O2/c23-18-11-5-7-13-20(18)26-21(27)15-24-19-12-6-4-10-17(19)22(28)25-14-16-8-2-1-3-9-16/h1-13,24H,14-15H2,(H,25,28)(H,26,27). The molecule has 0 aliphatic rings. The van der Waals surface area contributed by atoms with Crippen LogP contribution in [0, 0.1) is 0 Å². The SMILES string of the molecule is O=C(CNc1ccccc1C(=O)NCc1ccccc1)Nc1ccccc1Cl. The third-order valence-electron chi connectivity index (χ3n) is 4.05. The van der Waals surface area contributed by atoms with E-state index in [4.69, 9.17) is 11.6 Å². The Labute approximate surface area is 168 Å². The lowest BCUT2D eigenvalue weighted by atomic mass is 10.1. The van der Waals surface area contributed by atoms with Crippen molar-refractivity contribution in [2.75, 3.05) is 17.2 Å². The summed E-state index contributed by atoms with van der Waals surface area (Å²) in [5.74, 6) is -0.467. The van der Waals surface area contributed by atoms with Crippen molar-refractivity contribution in [2.24, 2.45) is 0 Å². The van der Waals surface area contributed by atoms with Crippen molar-refractivity contribution in [1.29, 1.82) is 0 Å². The zero-order valence-electron chi connectivity index (χ0n) is 15.1. The molecule has 3 aromatic carbocycles. The van der Waals surface area contributed by atoms with E-state index >= 15 is 0 Å². The van der Waals surface area contributed by atoms with E-state index in [1.165, 1.54) is 0 Å². The van der Waals surface area contributed by atoms with Crippen LogP contribution in [0.4, 0.5) is 11.4 Å². The highest BCUT2D eigenvalue weighted by molar-refractivity contribution is 6.33. The lowest BCUT2D eigenvalue weighted by Crippen LogP contribution is -2.26. The number of hydrogen-bond acceptors (Lipinski definition) is 3. The molecule has 0 spiro atoms. The quantitative estimate of drug-likeness (QED) is 0.559. The van der Waals surface area contributed by atoms with Gasteiger partial charge in [0, 0.05) is 12.2 Å². The smallest absolute Gasteiger partial charge is 0.253 e. The van der Waals surface area contributed by atoms with Crippen LogP contribution in [0.25, 0.3) is 0 Å². The van der Waals surface area contributed by atoms with Crippen LogP contribution in [0.15, 0.2) is 78.9 Å². The Hall–Kier alpha value is -3.31.